The maximum atomic E-state index is 14.6. The van der Waals surface area contributed by atoms with Crippen LogP contribution in [0.1, 0.15) is 37.3 Å². The van der Waals surface area contributed by atoms with Gasteiger partial charge >= 0.3 is 11.8 Å². The van der Waals surface area contributed by atoms with E-state index in [9.17, 15) is 18.4 Å². The lowest BCUT2D eigenvalue weighted by Crippen LogP contribution is -2.36. The summed E-state index contributed by atoms with van der Waals surface area (Å²) in [5, 5.41) is 4.53. The molecule has 33 heavy (non-hydrogen) atoms. The first-order valence-corrected chi connectivity index (χ1v) is 10.9. The molecule has 2 atom stereocenters. The van der Waals surface area contributed by atoms with E-state index in [0.29, 0.717) is 12.8 Å². The number of aromatic nitrogens is 2. The molecule has 170 valence electrons. The lowest BCUT2D eigenvalue weighted by molar-refractivity contribution is -0.104. The van der Waals surface area contributed by atoms with Gasteiger partial charge in [0.15, 0.2) is 5.60 Å². The fourth-order valence-corrected chi connectivity index (χ4v) is 4.86. The number of nitrogens with zero attached hydrogens (tertiary/aromatic N) is 2. The van der Waals surface area contributed by atoms with Gasteiger partial charge in [0.05, 0.1) is 11.6 Å². The van der Waals surface area contributed by atoms with E-state index >= 15 is 0 Å². The smallest absolute Gasteiger partial charge is 0.413 e. The molecule has 0 bridgehead atoms. The third kappa shape index (κ3) is 3.38. The molecule has 1 aliphatic heterocycles. The van der Waals surface area contributed by atoms with Crippen LogP contribution in [0.3, 0.4) is 0 Å². The number of amides is 1. The molecule has 2 spiro atoms. The Hall–Kier alpha value is -3.33. The van der Waals surface area contributed by atoms with Crippen LogP contribution in [0.5, 0.6) is 0 Å². The highest BCUT2D eigenvalue weighted by Crippen LogP contribution is 2.71. The van der Waals surface area contributed by atoms with Crippen LogP contribution in [0.2, 0.25) is 0 Å². The van der Waals surface area contributed by atoms with Crippen LogP contribution >= 0.6 is 0 Å². The summed E-state index contributed by atoms with van der Waals surface area (Å²) in [6.45, 7) is 0.0481. The number of carbonyl (C=O) groups excluding carboxylic acids is 1. The van der Waals surface area contributed by atoms with Crippen molar-refractivity contribution < 1.29 is 23.0 Å². The van der Waals surface area contributed by atoms with Crippen molar-refractivity contribution in [2.24, 2.45) is 0 Å². The zero-order valence-corrected chi connectivity index (χ0v) is 17.6. The summed E-state index contributed by atoms with van der Waals surface area (Å²) in [6, 6.07) is 14.2. The van der Waals surface area contributed by atoms with E-state index in [1.807, 2.05) is 42.5 Å². The number of rotatable bonds is 4. The first-order valence-electron chi connectivity index (χ1n) is 10.9. The number of halogens is 2. The normalized spacial score (nSPS) is 25.9. The summed E-state index contributed by atoms with van der Waals surface area (Å²) >= 11 is 0. The number of carbonyl (C=O) groups is 1. The Bertz CT molecular complexity index is 1340. The van der Waals surface area contributed by atoms with Gasteiger partial charge < -0.3 is 9.47 Å². The number of benzene rings is 2. The molecule has 1 N–H and O–H groups in total. The second kappa shape index (κ2) is 6.84. The predicted octanol–water partition coefficient (Wildman–Crippen LogP) is 4.42. The summed E-state index contributed by atoms with van der Waals surface area (Å²) in [4.78, 5) is 28.5. The molecule has 6 rings (SSSR count). The predicted molar refractivity (Wildman–Crippen MR) is 115 cm³/mol. The first-order chi connectivity index (χ1) is 15.8. The molecule has 3 aromatic rings. The number of anilines is 1. The van der Waals surface area contributed by atoms with Gasteiger partial charge in [-0.05, 0) is 41.3 Å². The number of hydrogen-bond acceptors (Lipinski definition) is 5. The van der Waals surface area contributed by atoms with E-state index < -0.39 is 34.9 Å². The van der Waals surface area contributed by atoms with Crippen molar-refractivity contribution in [3.05, 3.63) is 70.8 Å². The Morgan fingerprint density at radius 2 is 1.97 bits per heavy atom. The number of hydrogen-bond donors (Lipinski definition) is 1. The Balaban J connectivity index is 1.10. The van der Waals surface area contributed by atoms with Crippen LogP contribution in [0.15, 0.2) is 59.5 Å². The molecule has 2 saturated carbocycles. The van der Waals surface area contributed by atoms with Gasteiger partial charge in [-0.25, -0.2) is 18.4 Å². The maximum Gasteiger partial charge on any atom is 0.413 e. The minimum atomic E-state index is -2.98. The fraction of sp³-hybridized carbons (Fsp3) is 0.375. The Kier molecular flexibility index (Phi) is 4.20. The number of fused-ring (bicyclic) bond motifs is 1. The van der Waals surface area contributed by atoms with Crippen LogP contribution < -0.4 is 11.0 Å². The molecule has 1 aromatic heterocycles. The fourth-order valence-electron chi connectivity index (χ4n) is 4.86. The summed E-state index contributed by atoms with van der Waals surface area (Å²) in [5.74, 6) is -2.98. The molecule has 0 radical (unpaired) electrons. The Morgan fingerprint density at radius 1 is 1.18 bits per heavy atom. The summed E-state index contributed by atoms with van der Waals surface area (Å²) in [5.41, 5.74) is -2.24. The second-order valence-electron chi connectivity index (χ2n) is 9.16. The number of ether oxygens (including phenoxy) is 2. The van der Waals surface area contributed by atoms with E-state index in [-0.39, 0.29) is 25.3 Å². The lowest BCUT2D eigenvalue weighted by Gasteiger charge is -2.19. The van der Waals surface area contributed by atoms with Crippen LogP contribution in [0, 0.1) is 0 Å². The summed E-state index contributed by atoms with van der Waals surface area (Å²) in [7, 11) is 0. The molecule has 2 aromatic carbocycles. The zero-order valence-electron chi connectivity index (χ0n) is 17.6. The molecular formula is C24H21F2N3O4. The molecule has 1 saturated heterocycles. The average Bonchev–Trinajstić information content (AvgIpc) is 3.68. The minimum absolute atomic E-state index is 0.00720. The highest BCUT2D eigenvalue weighted by Gasteiger charge is 2.81. The van der Waals surface area contributed by atoms with Crippen molar-refractivity contribution in [3.63, 3.8) is 0 Å². The van der Waals surface area contributed by atoms with Gasteiger partial charge in [-0.3, -0.25) is 9.88 Å². The molecular weight excluding hydrogens is 432 g/mol. The van der Waals surface area contributed by atoms with Gasteiger partial charge in [0.2, 0.25) is 0 Å². The van der Waals surface area contributed by atoms with E-state index in [4.69, 9.17) is 9.47 Å². The standard InChI is InChI=1S/C24H21F2N3O4/c25-24(26)14-22(8-9-22)33-23(24)12-18(23)29-10-7-19(27-20(29)30)28-21(31)32-13-15-5-6-16-3-1-2-4-17(16)11-15/h1-7,10-11,18H,8-9,12-14H2,(H,27,28,30,31). The third-order valence-electron chi connectivity index (χ3n) is 6.82. The molecule has 2 heterocycles. The molecule has 9 heteroatoms. The largest absolute Gasteiger partial charge is 0.444 e. The second-order valence-corrected chi connectivity index (χ2v) is 9.16. The monoisotopic (exact) mass is 453 g/mol. The molecule has 7 nitrogen and oxygen atoms in total. The van der Waals surface area contributed by atoms with Crippen molar-refractivity contribution in [3.8, 4) is 0 Å². The van der Waals surface area contributed by atoms with Crippen molar-refractivity contribution in [1.82, 2.24) is 9.55 Å². The van der Waals surface area contributed by atoms with Gasteiger partial charge in [0.25, 0.3) is 5.92 Å². The molecule has 3 fully saturated rings. The Labute approximate surface area is 187 Å². The van der Waals surface area contributed by atoms with Gasteiger partial charge in [0, 0.05) is 19.0 Å². The van der Waals surface area contributed by atoms with Crippen LogP contribution in [0.25, 0.3) is 10.8 Å². The van der Waals surface area contributed by atoms with Gasteiger partial charge in [0.1, 0.15) is 12.4 Å². The van der Waals surface area contributed by atoms with E-state index in [2.05, 4.69) is 10.3 Å². The van der Waals surface area contributed by atoms with Crippen molar-refractivity contribution in [2.75, 3.05) is 5.32 Å². The lowest BCUT2D eigenvalue weighted by atomic mass is 10.1. The maximum absolute atomic E-state index is 14.6. The third-order valence-corrected chi connectivity index (χ3v) is 6.82. The highest BCUT2D eigenvalue weighted by atomic mass is 19.3. The molecule has 2 aliphatic carbocycles. The van der Waals surface area contributed by atoms with E-state index in [1.54, 1.807) is 0 Å². The topological polar surface area (TPSA) is 82.5 Å². The van der Waals surface area contributed by atoms with E-state index in [0.717, 1.165) is 16.3 Å². The zero-order chi connectivity index (χ0) is 22.8. The molecule has 3 aliphatic rings. The molecule has 1 amide bonds. The van der Waals surface area contributed by atoms with Crippen molar-refractivity contribution in [1.29, 1.82) is 0 Å². The first kappa shape index (κ1) is 20.3. The summed E-state index contributed by atoms with van der Waals surface area (Å²) < 4.78 is 41.4. The minimum Gasteiger partial charge on any atom is -0.444 e. The quantitative estimate of drug-likeness (QED) is 0.633. The van der Waals surface area contributed by atoms with Crippen LogP contribution in [-0.2, 0) is 16.1 Å². The highest BCUT2D eigenvalue weighted by molar-refractivity contribution is 5.84. The Morgan fingerprint density at radius 3 is 2.70 bits per heavy atom. The molecule has 2 unspecified atom stereocenters. The van der Waals surface area contributed by atoms with Crippen LogP contribution in [-0.4, -0.2) is 32.8 Å². The van der Waals surface area contributed by atoms with Crippen molar-refractivity contribution >= 4 is 22.7 Å². The van der Waals surface area contributed by atoms with Gasteiger partial charge in [-0.2, -0.15) is 4.98 Å². The van der Waals surface area contributed by atoms with Gasteiger partial charge in [-0.1, -0.05) is 36.4 Å². The van der Waals surface area contributed by atoms with Gasteiger partial charge in [-0.15, -0.1) is 0 Å². The van der Waals surface area contributed by atoms with Crippen LogP contribution in [0.4, 0.5) is 19.4 Å². The average molecular weight is 453 g/mol. The summed E-state index contributed by atoms with van der Waals surface area (Å²) in [6.07, 6.45) is 1.65. The van der Waals surface area contributed by atoms with E-state index in [1.165, 1.54) is 16.8 Å². The van der Waals surface area contributed by atoms with Crippen molar-refractivity contribution in [2.45, 2.75) is 55.5 Å². The SMILES string of the molecule is O=C(Nc1ccn(C2CC23OC2(CC2)CC3(F)F)c(=O)n1)OCc1ccc2ccccc2c1. The number of nitrogens with one attached hydrogen (secondary N) is 1. The number of alkyl halides is 2.